The standard InChI is InChI=1S/C18H14N4O/c1-23-21-17-13-20-22(15-10-6-3-7-11-15)18(17)16(12-19)14-8-4-2-5-9-14/h2-11,13H,1H3/b18-16-,21-17+. The van der Waals surface area contributed by atoms with Crippen LogP contribution in [0.5, 0.6) is 0 Å². The molecule has 0 spiro atoms. The van der Waals surface area contributed by atoms with Gasteiger partial charge in [-0.15, -0.1) is 0 Å². The molecule has 2 aromatic rings. The Balaban J connectivity index is 2.19. The molecule has 0 saturated heterocycles. The number of nitrogens with zero attached hydrogens (tertiary/aromatic N) is 4. The van der Waals surface area contributed by atoms with Crippen molar-refractivity contribution in [2.75, 3.05) is 12.1 Å². The quantitative estimate of drug-likeness (QED) is 0.644. The molecule has 112 valence electrons. The molecule has 0 N–H and O–H groups in total. The van der Waals surface area contributed by atoms with Gasteiger partial charge < -0.3 is 4.84 Å². The third kappa shape index (κ3) is 2.83. The van der Waals surface area contributed by atoms with Gasteiger partial charge in [0.25, 0.3) is 0 Å². The van der Waals surface area contributed by atoms with Gasteiger partial charge in [-0.05, 0) is 17.7 Å². The zero-order valence-electron chi connectivity index (χ0n) is 12.5. The second-order valence-electron chi connectivity index (χ2n) is 4.75. The summed E-state index contributed by atoms with van der Waals surface area (Å²) in [6.07, 6.45) is 1.59. The molecular formula is C18H14N4O. The van der Waals surface area contributed by atoms with Crippen LogP contribution in [0.15, 0.2) is 76.6 Å². The summed E-state index contributed by atoms with van der Waals surface area (Å²) in [5.74, 6) is 0. The molecule has 1 aliphatic heterocycles. The summed E-state index contributed by atoms with van der Waals surface area (Å²) >= 11 is 0. The summed E-state index contributed by atoms with van der Waals surface area (Å²) in [6.45, 7) is 0. The Morgan fingerprint density at radius 2 is 1.74 bits per heavy atom. The van der Waals surface area contributed by atoms with Crippen LogP contribution in [-0.2, 0) is 4.84 Å². The summed E-state index contributed by atoms with van der Waals surface area (Å²) in [6, 6.07) is 21.4. The number of hydrazone groups is 1. The van der Waals surface area contributed by atoms with Crippen LogP contribution in [0.25, 0.3) is 5.57 Å². The number of para-hydroxylation sites is 1. The van der Waals surface area contributed by atoms with E-state index in [0.29, 0.717) is 17.0 Å². The molecule has 2 aromatic carbocycles. The van der Waals surface area contributed by atoms with Crippen molar-refractivity contribution in [3.8, 4) is 6.07 Å². The minimum atomic E-state index is 0.489. The van der Waals surface area contributed by atoms with Crippen LogP contribution >= 0.6 is 0 Å². The number of allylic oxidation sites excluding steroid dienone is 2. The molecule has 23 heavy (non-hydrogen) atoms. The van der Waals surface area contributed by atoms with E-state index < -0.39 is 0 Å². The van der Waals surface area contributed by atoms with Gasteiger partial charge in [0.05, 0.1) is 17.5 Å². The lowest BCUT2D eigenvalue weighted by Crippen LogP contribution is -2.17. The summed E-state index contributed by atoms with van der Waals surface area (Å²) in [4.78, 5) is 4.90. The molecule has 0 amide bonds. The lowest BCUT2D eigenvalue weighted by atomic mass is 10.0. The molecule has 0 unspecified atom stereocenters. The zero-order valence-corrected chi connectivity index (χ0v) is 12.5. The highest BCUT2D eigenvalue weighted by Gasteiger charge is 2.27. The number of hydrogen-bond donors (Lipinski definition) is 0. The molecule has 0 fully saturated rings. The van der Waals surface area contributed by atoms with Crippen LogP contribution in [0.2, 0.25) is 0 Å². The predicted octanol–water partition coefficient (Wildman–Crippen LogP) is 3.43. The third-order valence-corrected chi connectivity index (χ3v) is 3.35. The van der Waals surface area contributed by atoms with Crippen molar-refractivity contribution in [1.29, 1.82) is 5.26 Å². The van der Waals surface area contributed by atoms with Crippen molar-refractivity contribution in [3.63, 3.8) is 0 Å². The summed E-state index contributed by atoms with van der Waals surface area (Å²) in [5, 5.41) is 19.8. The molecule has 1 aliphatic rings. The third-order valence-electron chi connectivity index (χ3n) is 3.35. The van der Waals surface area contributed by atoms with E-state index in [1.807, 2.05) is 60.7 Å². The number of anilines is 1. The Morgan fingerprint density at radius 1 is 1.09 bits per heavy atom. The molecule has 0 radical (unpaired) electrons. The van der Waals surface area contributed by atoms with Crippen molar-refractivity contribution in [2.45, 2.75) is 0 Å². The van der Waals surface area contributed by atoms with Crippen LogP contribution in [0.1, 0.15) is 5.56 Å². The SMILES string of the molecule is CO/N=C1\C=NN(c2ccccc2)\C1=C(\C#N)c1ccccc1. The van der Waals surface area contributed by atoms with E-state index in [2.05, 4.69) is 16.3 Å². The normalized spacial score (nSPS) is 17.2. The first-order valence-corrected chi connectivity index (χ1v) is 7.05. The molecule has 0 aliphatic carbocycles. The topological polar surface area (TPSA) is 61.0 Å². The van der Waals surface area contributed by atoms with Gasteiger partial charge in [-0.25, -0.2) is 5.01 Å². The summed E-state index contributed by atoms with van der Waals surface area (Å²) in [5.41, 5.74) is 3.26. The fraction of sp³-hybridized carbons (Fsp3) is 0.0556. The van der Waals surface area contributed by atoms with Crippen LogP contribution in [0, 0.1) is 11.3 Å². The lowest BCUT2D eigenvalue weighted by Gasteiger charge is -2.18. The highest BCUT2D eigenvalue weighted by atomic mass is 16.6. The highest BCUT2D eigenvalue weighted by molar-refractivity contribution is 6.43. The molecule has 0 bridgehead atoms. The van der Waals surface area contributed by atoms with Crippen molar-refractivity contribution in [1.82, 2.24) is 0 Å². The molecule has 0 saturated carbocycles. The largest absolute Gasteiger partial charge is 0.399 e. The first-order valence-electron chi connectivity index (χ1n) is 7.05. The maximum absolute atomic E-state index is 9.70. The van der Waals surface area contributed by atoms with Crippen LogP contribution in [-0.4, -0.2) is 19.0 Å². The number of hydrogen-bond acceptors (Lipinski definition) is 5. The Hall–Kier alpha value is -3.39. The summed E-state index contributed by atoms with van der Waals surface area (Å²) < 4.78 is 0. The minimum absolute atomic E-state index is 0.489. The van der Waals surface area contributed by atoms with Gasteiger partial charge in [-0.2, -0.15) is 10.4 Å². The van der Waals surface area contributed by atoms with Crippen molar-refractivity contribution in [3.05, 3.63) is 71.9 Å². The van der Waals surface area contributed by atoms with Crippen LogP contribution in [0.4, 0.5) is 5.69 Å². The van der Waals surface area contributed by atoms with Gasteiger partial charge in [0.1, 0.15) is 24.6 Å². The van der Waals surface area contributed by atoms with Crippen molar-refractivity contribution >= 4 is 23.2 Å². The van der Waals surface area contributed by atoms with Gasteiger partial charge in [0, 0.05) is 0 Å². The van der Waals surface area contributed by atoms with Gasteiger partial charge in [-0.1, -0.05) is 53.7 Å². The maximum atomic E-state index is 9.70. The Kier molecular flexibility index (Phi) is 4.16. The molecule has 5 heteroatoms. The van der Waals surface area contributed by atoms with E-state index in [1.165, 1.54) is 7.11 Å². The van der Waals surface area contributed by atoms with E-state index in [1.54, 1.807) is 11.2 Å². The average molecular weight is 302 g/mol. The van der Waals surface area contributed by atoms with E-state index in [9.17, 15) is 5.26 Å². The van der Waals surface area contributed by atoms with Gasteiger partial charge >= 0.3 is 0 Å². The van der Waals surface area contributed by atoms with Crippen LogP contribution < -0.4 is 5.01 Å². The monoisotopic (exact) mass is 302 g/mol. The van der Waals surface area contributed by atoms with Gasteiger partial charge in [0.15, 0.2) is 0 Å². The van der Waals surface area contributed by atoms with E-state index >= 15 is 0 Å². The van der Waals surface area contributed by atoms with Crippen LogP contribution in [0.3, 0.4) is 0 Å². The fourth-order valence-electron chi connectivity index (χ4n) is 2.36. The summed E-state index contributed by atoms with van der Waals surface area (Å²) in [7, 11) is 1.47. The molecule has 3 rings (SSSR count). The lowest BCUT2D eigenvalue weighted by molar-refractivity contribution is 0.214. The minimum Gasteiger partial charge on any atom is -0.399 e. The highest BCUT2D eigenvalue weighted by Crippen LogP contribution is 2.29. The first-order chi connectivity index (χ1) is 11.3. The molecule has 0 aromatic heterocycles. The molecule has 1 heterocycles. The molecule has 0 atom stereocenters. The Morgan fingerprint density at radius 3 is 2.35 bits per heavy atom. The number of nitriles is 1. The number of rotatable bonds is 3. The molecular weight excluding hydrogens is 288 g/mol. The van der Waals surface area contributed by atoms with Crippen molar-refractivity contribution in [2.24, 2.45) is 10.3 Å². The second kappa shape index (κ2) is 6.58. The Bertz CT molecular complexity index is 817. The van der Waals surface area contributed by atoms with E-state index in [4.69, 9.17) is 4.84 Å². The van der Waals surface area contributed by atoms with Gasteiger partial charge in [-0.3, -0.25) is 0 Å². The smallest absolute Gasteiger partial charge is 0.149 e. The second-order valence-corrected chi connectivity index (χ2v) is 4.75. The first kappa shape index (κ1) is 14.5. The average Bonchev–Trinajstić information content (AvgIpc) is 3.01. The number of benzene rings is 2. The number of oxime groups is 1. The zero-order chi connectivity index (χ0) is 16.1. The fourth-order valence-corrected chi connectivity index (χ4v) is 2.36. The van der Waals surface area contributed by atoms with E-state index in [0.717, 1.165) is 11.3 Å². The van der Waals surface area contributed by atoms with Crippen molar-refractivity contribution < 1.29 is 4.84 Å². The molecule has 5 nitrogen and oxygen atoms in total. The predicted molar refractivity (Wildman–Crippen MR) is 90.8 cm³/mol. The van der Waals surface area contributed by atoms with E-state index in [-0.39, 0.29) is 0 Å². The Labute approximate surface area is 134 Å². The maximum Gasteiger partial charge on any atom is 0.149 e. The van der Waals surface area contributed by atoms with Gasteiger partial charge in [0.2, 0.25) is 0 Å².